The maximum atomic E-state index is 12.4. The summed E-state index contributed by atoms with van der Waals surface area (Å²) in [4.78, 5) is 48.2. The van der Waals surface area contributed by atoms with E-state index in [0.717, 1.165) is 0 Å². The van der Waals surface area contributed by atoms with Gasteiger partial charge < -0.3 is 18.9 Å². The highest BCUT2D eigenvalue weighted by Gasteiger charge is 2.46. The molecule has 0 spiro atoms. The van der Waals surface area contributed by atoms with Crippen molar-refractivity contribution in [3.8, 4) is 0 Å². The first-order chi connectivity index (χ1) is 12.4. The van der Waals surface area contributed by atoms with E-state index in [0.29, 0.717) is 0 Å². The van der Waals surface area contributed by atoms with Gasteiger partial charge in [0.2, 0.25) is 0 Å². The molecular weight excluding hydrogens is 344 g/mol. The van der Waals surface area contributed by atoms with Gasteiger partial charge in [0, 0.05) is 12.8 Å². The van der Waals surface area contributed by atoms with Crippen molar-refractivity contribution < 1.29 is 38.1 Å². The average Bonchev–Trinajstić information content (AvgIpc) is 2.62. The standard InChI is InChI=1S/C18H28O8/c1-5-25-17(21)13-7-11(9-15(19)23-3)12(10-16(20)24-4)8-14(13)18(22)26-6-2/h11-14H,5-10H2,1-4H3. The number of hydrogen-bond acceptors (Lipinski definition) is 8. The molecule has 0 bridgehead atoms. The van der Waals surface area contributed by atoms with Gasteiger partial charge in [-0.3, -0.25) is 19.2 Å². The van der Waals surface area contributed by atoms with Crippen molar-refractivity contribution in [2.24, 2.45) is 23.7 Å². The van der Waals surface area contributed by atoms with E-state index in [9.17, 15) is 19.2 Å². The molecule has 8 nitrogen and oxygen atoms in total. The zero-order chi connectivity index (χ0) is 19.7. The highest BCUT2D eigenvalue weighted by Crippen LogP contribution is 2.42. The Labute approximate surface area is 153 Å². The number of rotatable bonds is 8. The molecule has 0 aromatic rings. The molecule has 1 rings (SSSR count). The third-order valence-electron chi connectivity index (χ3n) is 4.76. The van der Waals surface area contributed by atoms with Gasteiger partial charge in [0.1, 0.15) is 0 Å². The number of carbonyl (C=O) groups is 4. The van der Waals surface area contributed by atoms with Crippen LogP contribution in [0.4, 0.5) is 0 Å². The summed E-state index contributed by atoms with van der Waals surface area (Å²) in [6.45, 7) is 3.76. The van der Waals surface area contributed by atoms with Gasteiger partial charge in [-0.1, -0.05) is 0 Å². The van der Waals surface area contributed by atoms with Gasteiger partial charge in [-0.15, -0.1) is 0 Å². The fourth-order valence-corrected chi connectivity index (χ4v) is 3.48. The first-order valence-corrected chi connectivity index (χ1v) is 8.84. The third kappa shape index (κ3) is 6.00. The summed E-state index contributed by atoms with van der Waals surface area (Å²) in [5.41, 5.74) is 0. The van der Waals surface area contributed by atoms with E-state index in [-0.39, 0.29) is 50.7 Å². The Bertz CT molecular complexity index is 469. The highest BCUT2D eigenvalue weighted by molar-refractivity contribution is 5.83. The maximum Gasteiger partial charge on any atom is 0.309 e. The molecule has 0 aliphatic heterocycles. The Morgan fingerprint density at radius 1 is 0.731 bits per heavy atom. The first kappa shape index (κ1) is 21.9. The van der Waals surface area contributed by atoms with Gasteiger partial charge in [0.15, 0.2) is 0 Å². The normalized spacial score (nSPS) is 25.1. The lowest BCUT2D eigenvalue weighted by atomic mass is 9.66. The third-order valence-corrected chi connectivity index (χ3v) is 4.76. The second kappa shape index (κ2) is 10.8. The predicted octanol–water partition coefficient (Wildman–Crippen LogP) is 1.50. The minimum absolute atomic E-state index is 0.0591. The molecule has 0 radical (unpaired) electrons. The summed E-state index contributed by atoms with van der Waals surface area (Å²) in [5, 5.41) is 0. The summed E-state index contributed by atoms with van der Waals surface area (Å²) in [6, 6.07) is 0. The average molecular weight is 372 g/mol. The number of esters is 4. The van der Waals surface area contributed by atoms with Gasteiger partial charge in [-0.2, -0.15) is 0 Å². The molecule has 148 valence electrons. The van der Waals surface area contributed by atoms with E-state index in [2.05, 4.69) is 0 Å². The zero-order valence-electron chi connectivity index (χ0n) is 15.8. The topological polar surface area (TPSA) is 105 Å². The number of hydrogen-bond donors (Lipinski definition) is 0. The number of carbonyl (C=O) groups excluding carboxylic acids is 4. The van der Waals surface area contributed by atoms with Crippen molar-refractivity contribution in [2.45, 2.75) is 39.5 Å². The molecule has 4 atom stereocenters. The van der Waals surface area contributed by atoms with Crippen LogP contribution in [0.15, 0.2) is 0 Å². The zero-order valence-corrected chi connectivity index (χ0v) is 15.8. The molecular formula is C18H28O8. The Balaban J connectivity index is 3.08. The Morgan fingerprint density at radius 2 is 1.08 bits per heavy atom. The molecule has 0 aromatic carbocycles. The van der Waals surface area contributed by atoms with Crippen LogP contribution in [0.25, 0.3) is 0 Å². The number of methoxy groups -OCH3 is 2. The fourth-order valence-electron chi connectivity index (χ4n) is 3.48. The molecule has 0 saturated heterocycles. The summed E-state index contributed by atoms with van der Waals surface area (Å²) in [5.74, 6) is -3.84. The molecule has 0 heterocycles. The Morgan fingerprint density at radius 3 is 1.35 bits per heavy atom. The van der Waals surface area contributed by atoms with Gasteiger partial charge in [0.25, 0.3) is 0 Å². The van der Waals surface area contributed by atoms with Crippen molar-refractivity contribution in [3.05, 3.63) is 0 Å². The molecule has 1 aliphatic carbocycles. The van der Waals surface area contributed by atoms with Crippen molar-refractivity contribution in [3.63, 3.8) is 0 Å². The monoisotopic (exact) mass is 372 g/mol. The van der Waals surface area contributed by atoms with Crippen LogP contribution in [0.3, 0.4) is 0 Å². The van der Waals surface area contributed by atoms with E-state index in [1.54, 1.807) is 13.8 Å². The lowest BCUT2D eigenvalue weighted by Gasteiger charge is -2.38. The maximum absolute atomic E-state index is 12.4. The lowest BCUT2D eigenvalue weighted by molar-refractivity contribution is -0.166. The molecule has 0 amide bonds. The SMILES string of the molecule is CCOC(=O)C1CC(CC(=O)OC)C(CC(=O)OC)CC1C(=O)OCC. The Kier molecular flexibility index (Phi) is 9.09. The van der Waals surface area contributed by atoms with Crippen LogP contribution >= 0.6 is 0 Å². The molecule has 1 fully saturated rings. The van der Waals surface area contributed by atoms with Gasteiger partial charge >= 0.3 is 23.9 Å². The van der Waals surface area contributed by atoms with Crippen LogP contribution < -0.4 is 0 Å². The van der Waals surface area contributed by atoms with E-state index in [1.165, 1.54) is 14.2 Å². The molecule has 0 aromatic heterocycles. The largest absolute Gasteiger partial charge is 0.469 e. The fraction of sp³-hybridized carbons (Fsp3) is 0.778. The van der Waals surface area contributed by atoms with E-state index in [1.807, 2.05) is 0 Å². The molecule has 26 heavy (non-hydrogen) atoms. The summed E-state index contributed by atoms with van der Waals surface area (Å²) in [7, 11) is 2.56. The van der Waals surface area contributed by atoms with Crippen molar-refractivity contribution in [1.29, 1.82) is 0 Å². The number of ether oxygens (including phenoxy) is 4. The first-order valence-electron chi connectivity index (χ1n) is 8.84. The predicted molar refractivity (Wildman–Crippen MR) is 89.7 cm³/mol. The minimum atomic E-state index is -0.711. The smallest absolute Gasteiger partial charge is 0.309 e. The summed E-state index contributed by atoms with van der Waals surface area (Å²) >= 11 is 0. The highest BCUT2D eigenvalue weighted by atomic mass is 16.5. The van der Waals surface area contributed by atoms with Crippen LogP contribution in [0.1, 0.15) is 39.5 Å². The molecule has 4 unspecified atom stereocenters. The second-order valence-electron chi connectivity index (χ2n) is 6.27. The van der Waals surface area contributed by atoms with Crippen LogP contribution in [0.5, 0.6) is 0 Å². The van der Waals surface area contributed by atoms with E-state index < -0.39 is 35.7 Å². The quantitative estimate of drug-likeness (QED) is 0.466. The van der Waals surface area contributed by atoms with Crippen molar-refractivity contribution >= 4 is 23.9 Å². The molecule has 1 aliphatic rings. The van der Waals surface area contributed by atoms with E-state index >= 15 is 0 Å². The Hall–Kier alpha value is -2.12. The van der Waals surface area contributed by atoms with Gasteiger partial charge in [-0.25, -0.2) is 0 Å². The van der Waals surface area contributed by atoms with Crippen LogP contribution in [-0.4, -0.2) is 51.3 Å². The van der Waals surface area contributed by atoms with Gasteiger partial charge in [-0.05, 0) is 38.5 Å². The molecule has 1 saturated carbocycles. The van der Waals surface area contributed by atoms with Crippen LogP contribution in [-0.2, 0) is 38.1 Å². The summed E-state index contributed by atoms with van der Waals surface area (Å²) in [6.07, 6.45) is 0.616. The molecule has 0 N–H and O–H groups in total. The van der Waals surface area contributed by atoms with E-state index in [4.69, 9.17) is 18.9 Å². The van der Waals surface area contributed by atoms with Crippen LogP contribution in [0, 0.1) is 23.7 Å². The lowest BCUT2D eigenvalue weighted by Crippen LogP contribution is -2.42. The minimum Gasteiger partial charge on any atom is -0.469 e. The van der Waals surface area contributed by atoms with Gasteiger partial charge in [0.05, 0.1) is 39.3 Å². The van der Waals surface area contributed by atoms with Crippen molar-refractivity contribution in [1.82, 2.24) is 0 Å². The second-order valence-corrected chi connectivity index (χ2v) is 6.27. The molecule has 8 heteroatoms. The summed E-state index contributed by atoms with van der Waals surface area (Å²) < 4.78 is 19.7. The van der Waals surface area contributed by atoms with Crippen molar-refractivity contribution in [2.75, 3.05) is 27.4 Å². The van der Waals surface area contributed by atoms with Crippen LogP contribution in [0.2, 0.25) is 0 Å².